The Morgan fingerprint density at radius 2 is 2.05 bits per heavy atom. The van der Waals surface area contributed by atoms with Crippen LogP contribution < -0.4 is 0 Å². The lowest BCUT2D eigenvalue weighted by atomic mass is 10.0. The van der Waals surface area contributed by atoms with Crippen molar-refractivity contribution in [2.24, 2.45) is 0 Å². The van der Waals surface area contributed by atoms with Gasteiger partial charge in [0.15, 0.2) is 0 Å². The van der Waals surface area contributed by atoms with Gasteiger partial charge in [-0.1, -0.05) is 0 Å². The fourth-order valence-electron chi connectivity index (χ4n) is 3.67. The molecule has 2 fully saturated rings. The number of rotatable bonds is 3. The molecule has 3 aliphatic rings. The van der Waals surface area contributed by atoms with E-state index in [-0.39, 0.29) is 0 Å². The lowest BCUT2D eigenvalue weighted by molar-refractivity contribution is 0.0134. The minimum atomic E-state index is 0.695. The average Bonchev–Trinajstić information content (AvgIpc) is 2.86. The summed E-state index contributed by atoms with van der Waals surface area (Å²) >= 11 is 2.19. The molecule has 0 spiro atoms. The van der Waals surface area contributed by atoms with Crippen LogP contribution in [0.25, 0.3) is 0 Å². The van der Waals surface area contributed by atoms with Gasteiger partial charge in [-0.15, -0.1) is 11.8 Å². The Balaban J connectivity index is 1.30. The van der Waals surface area contributed by atoms with Crippen LogP contribution in [-0.4, -0.2) is 47.5 Å². The number of fused-ring (bicyclic) bond motifs is 1. The molecular formula is C16H22N2OS. The van der Waals surface area contributed by atoms with Crippen LogP contribution in [-0.2, 0) is 11.2 Å². The summed E-state index contributed by atoms with van der Waals surface area (Å²) < 4.78 is 5.45. The lowest BCUT2D eigenvalue weighted by Crippen LogP contribution is -2.55. The van der Waals surface area contributed by atoms with E-state index >= 15 is 0 Å². The first kappa shape index (κ1) is 13.1. The van der Waals surface area contributed by atoms with E-state index in [0.717, 1.165) is 24.5 Å². The standard InChI is InChI=1S/C16H22N2OS/c1-2-16(15-9-17-6-3-12(1)15)20-14-10-18(11-14)13-4-7-19-8-5-13/h3,6,9,13-14,16H,1-2,4-5,7-8,10-11H2. The molecule has 20 heavy (non-hydrogen) atoms. The van der Waals surface area contributed by atoms with Crippen LogP contribution in [0.2, 0.25) is 0 Å². The molecular weight excluding hydrogens is 268 g/mol. The Morgan fingerprint density at radius 1 is 1.20 bits per heavy atom. The lowest BCUT2D eigenvalue weighted by Gasteiger charge is -2.46. The number of aryl methyl sites for hydroxylation is 1. The highest BCUT2D eigenvalue weighted by atomic mass is 32.2. The van der Waals surface area contributed by atoms with E-state index in [0.29, 0.717) is 5.25 Å². The number of thioether (sulfide) groups is 1. The topological polar surface area (TPSA) is 25.4 Å². The molecule has 3 heterocycles. The summed E-state index contributed by atoms with van der Waals surface area (Å²) in [6, 6.07) is 2.99. The second-order valence-electron chi connectivity index (χ2n) is 6.16. The van der Waals surface area contributed by atoms with Gasteiger partial charge < -0.3 is 4.74 Å². The Labute approximate surface area is 125 Å². The number of aromatic nitrogens is 1. The van der Waals surface area contributed by atoms with E-state index in [1.54, 1.807) is 0 Å². The smallest absolute Gasteiger partial charge is 0.0480 e. The Kier molecular flexibility index (Phi) is 3.71. The molecule has 1 atom stereocenters. The zero-order chi connectivity index (χ0) is 13.4. The highest BCUT2D eigenvalue weighted by Gasteiger charge is 2.36. The van der Waals surface area contributed by atoms with Crippen LogP contribution in [0.3, 0.4) is 0 Å². The van der Waals surface area contributed by atoms with Gasteiger partial charge in [-0.25, -0.2) is 0 Å². The zero-order valence-corrected chi connectivity index (χ0v) is 12.6. The van der Waals surface area contributed by atoms with E-state index in [1.165, 1.54) is 49.9 Å². The molecule has 2 aliphatic heterocycles. The first-order chi connectivity index (χ1) is 9.90. The highest BCUT2D eigenvalue weighted by Crippen LogP contribution is 2.44. The van der Waals surface area contributed by atoms with E-state index in [9.17, 15) is 0 Å². The molecule has 0 amide bonds. The Morgan fingerprint density at radius 3 is 2.90 bits per heavy atom. The number of nitrogens with zero attached hydrogens (tertiary/aromatic N) is 2. The van der Waals surface area contributed by atoms with Crippen molar-refractivity contribution in [3.8, 4) is 0 Å². The average molecular weight is 290 g/mol. The SMILES string of the molecule is c1cc2c(cn1)C(SC1CN(C3CCOCC3)C1)CC2. The van der Waals surface area contributed by atoms with Gasteiger partial charge in [0.2, 0.25) is 0 Å². The summed E-state index contributed by atoms with van der Waals surface area (Å²) in [6.07, 6.45) is 9.03. The summed E-state index contributed by atoms with van der Waals surface area (Å²) in [5, 5.41) is 1.52. The Hall–Kier alpha value is -0.580. The van der Waals surface area contributed by atoms with Gasteiger partial charge in [0.25, 0.3) is 0 Å². The van der Waals surface area contributed by atoms with Crippen LogP contribution in [0.5, 0.6) is 0 Å². The molecule has 1 aromatic heterocycles. The molecule has 0 N–H and O–H groups in total. The van der Waals surface area contributed by atoms with E-state index in [2.05, 4.69) is 33.9 Å². The van der Waals surface area contributed by atoms with Crippen molar-refractivity contribution in [2.45, 2.75) is 42.2 Å². The molecule has 0 aromatic carbocycles. The highest BCUT2D eigenvalue weighted by molar-refractivity contribution is 8.00. The summed E-state index contributed by atoms with van der Waals surface area (Å²) in [5.41, 5.74) is 3.03. The summed E-state index contributed by atoms with van der Waals surface area (Å²) in [4.78, 5) is 6.97. The molecule has 0 saturated carbocycles. The van der Waals surface area contributed by atoms with Crippen LogP contribution in [0.4, 0.5) is 0 Å². The maximum Gasteiger partial charge on any atom is 0.0480 e. The van der Waals surface area contributed by atoms with Crippen molar-refractivity contribution < 1.29 is 4.74 Å². The van der Waals surface area contributed by atoms with Gasteiger partial charge in [0, 0.05) is 55.2 Å². The molecule has 0 bridgehead atoms. The summed E-state index contributed by atoms with van der Waals surface area (Å²) in [7, 11) is 0. The van der Waals surface area contributed by atoms with Gasteiger partial charge in [0.1, 0.15) is 0 Å². The molecule has 108 valence electrons. The third-order valence-electron chi connectivity index (χ3n) is 4.91. The molecule has 3 nitrogen and oxygen atoms in total. The van der Waals surface area contributed by atoms with Crippen molar-refractivity contribution in [1.82, 2.24) is 9.88 Å². The van der Waals surface area contributed by atoms with Crippen molar-refractivity contribution in [1.29, 1.82) is 0 Å². The van der Waals surface area contributed by atoms with Crippen molar-refractivity contribution >= 4 is 11.8 Å². The van der Waals surface area contributed by atoms with Gasteiger partial charge >= 0.3 is 0 Å². The predicted molar refractivity (Wildman–Crippen MR) is 82.1 cm³/mol. The minimum Gasteiger partial charge on any atom is -0.381 e. The Bertz CT molecular complexity index is 469. The van der Waals surface area contributed by atoms with Crippen LogP contribution in [0, 0.1) is 0 Å². The van der Waals surface area contributed by atoms with Crippen LogP contribution >= 0.6 is 11.8 Å². The molecule has 1 unspecified atom stereocenters. The number of hydrogen-bond donors (Lipinski definition) is 0. The van der Waals surface area contributed by atoms with Crippen LogP contribution in [0.15, 0.2) is 18.5 Å². The van der Waals surface area contributed by atoms with Gasteiger partial charge in [-0.05, 0) is 42.9 Å². The quantitative estimate of drug-likeness (QED) is 0.854. The predicted octanol–water partition coefficient (Wildman–Crippen LogP) is 2.67. The molecule has 4 rings (SSSR count). The van der Waals surface area contributed by atoms with Crippen molar-refractivity contribution in [3.63, 3.8) is 0 Å². The van der Waals surface area contributed by atoms with Gasteiger partial charge in [-0.2, -0.15) is 0 Å². The second kappa shape index (κ2) is 5.66. The number of pyridine rings is 1. The number of ether oxygens (including phenoxy) is 1. The maximum absolute atomic E-state index is 5.45. The number of likely N-dealkylation sites (tertiary alicyclic amines) is 1. The maximum atomic E-state index is 5.45. The second-order valence-corrected chi connectivity index (χ2v) is 7.67. The first-order valence-electron chi connectivity index (χ1n) is 7.80. The van der Waals surface area contributed by atoms with E-state index < -0.39 is 0 Å². The van der Waals surface area contributed by atoms with Gasteiger partial charge in [0.05, 0.1) is 0 Å². The fraction of sp³-hybridized carbons (Fsp3) is 0.688. The molecule has 1 aliphatic carbocycles. The van der Waals surface area contributed by atoms with E-state index in [1.807, 2.05) is 6.20 Å². The number of hydrogen-bond acceptors (Lipinski definition) is 4. The molecule has 2 saturated heterocycles. The third-order valence-corrected chi connectivity index (χ3v) is 6.41. The van der Waals surface area contributed by atoms with Crippen molar-refractivity contribution in [3.05, 3.63) is 29.6 Å². The summed E-state index contributed by atoms with van der Waals surface area (Å²) in [6.45, 7) is 4.48. The normalized spacial score (nSPS) is 28.3. The van der Waals surface area contributed by atoms with E-state index in [4.69, 9.17) is 4.74 Å². The fourth-order valence-corrected chi connectivity index (χ4v) is 5.31. The minimum absolute atomic E-state index is 0.695. The van der Waals surface area contributed by atoms with Gasteiger partial charge in [-0.3, -0.25) is 9.88 Å². The third kappa shape index (κ3) is 2.49. The zero-order valence-electron chi connectivity index (χ0n) is 11.8. The van der Waals surface area contributed by atoms with Crippen molar-refractivity contribution in [2.75, 3.05) is 26.3 Å². The summed E-state index contributed by atoms with van der Waals surface area (Å²) in [5.74, 6) is 0. The first-order valence-corrected chi connectivity index (χ1v) is 8.74. The largest absolute Gasteiger partial charge is 0.381 e. The molecule has 1 aromatic rings. The molecule has 0 radical (unpaired) electrons. The van der Waals surface area contributed by atoms with Crippen LogP contribution in [0.1, 0.15) is 35.6 Å². The molecule has 4 heteroatoms. The monoisotopic (exact) mass is 290 g/mol.